The Labute approximate surface area is 231 Å². The second-order valence-corrected chi connectivity index (χ2v) is 11.0. The fourth-order valence-corrected chi connectivity index (χ4v) is 5.94. The van der Waals surface area contributed by atoms with Crippen molar-refractivity contribution >= 4 is 61.0 Å². The molecule has 7 nitrogen and oxygen atoms in total. The van der Waals surface area contributed by atoms with Gasteiger partial charge in [0.15, 0.2) is 0 Å². The summed E-state index contributed by atoms with van der Waals surface area (Å²) in [4.78, 5) is 13.0. The highest BCUT2D eigenvalue weighted by molar-refractivity contribution is 7.92. The minimum absolute atomic E-state index is 0.00167. The van der Waals surface area contributed by atoms with Crippen molar-refractivity contribution in [3.63, 3.8) is 0 Å². The lowest BCUT2D eigenvalue weighted by Crippen LogP contribution is -2.39. The van der Waals surface area contributed by atoms with E-state index in [0.29, 0.717) is 10.8 Å². The normalized spacial score (nSPS) is 11.6. The minimum Gasteiger partial charge on any atom is -0.497 e. The molecule has 0 aliphatic carbocycles. The van der Waals surface area contributed by atoms with Crippen LogP contribution in [0.3, 0.4) is 0 Å². The van der Waals surface area contributed by atoms with E-state index in [1.165, 1.54) is 25.3 Å². The van der Waals surface area contributed by atoms with Gasteiger partial charge in [-0.15, -0.1) is 0 Å². The fraction of sp³-hybridized carbons (Fsp3) is 0.0667. The van der Waals surface area contributed by atoms with Crippen molar-refractivity contribution in [3.05, 3.63) is 114 Å². The van der Waals surface area contributed by atoms with Gasteiger partial charge in [0.25, 0.3) is 15.9 Å². The number of halogens is 1. The maximum Gasteiger partial charge on any atom is 0.264 e. The van der Waals surface area contributed by atoms with Crippen LogP contribution in [-0.4, -0.2) is 34.2 Å². The number of nitrogens with zero attached hydrogens (tertiary/aromatic N) is 2. The van der Waals surface area contributed by atoms with Crippen LogP contribution in [0.25, 0.3) is 21.5 Å². The number of sulfonamides is 1. The van der Waals surface area contributed by atoms with E-state index in [1.807, 2.05) is 48.5 Å². The number of hydrogen-bond acceptors (Lipinski definition) is 5. The summed E-state index contributed by atoms with van der Waals surface area (Å²) in [6, 6.07) is 30.2. The number of fused-ring (bicyclic) bond motifs is 2. The van der Waals surface area contributed by atoms with Crippen molar-refractivity contribution in [3.8, 4) is 5.75 Å². The molecule has 0 aliphatic heterocycles. The van der Waals surface area contributed by atoms with Crippen LogP contribution in [0.4, 0.5) is 5.69 Å². The predicted molar refractivity (Wildman–Crippen MR) is 156 cm³/mol. The van der Waals surface area contributed by atoms with Crippen LogP contribution in [-0.2, 0) is 14.8 Å². The van der Waals surface area contributed by atoms with Gasteiger partial charge in [0.1, 0.15) is 12.3 Å². The molecule has 39 heavy (non-hydrogen) atoms. The molecule has 5 aromatic rings. The summed E-state index contributed by atoms with van der Waals surface area (Å²) in [7, 11) is -2.63. The standard InChI is InChI=1S/C30H24ClN3O4S/c1-38-25-13-15-26(16-14-25)39(36,37)34(24-10-6-9-23(31)18-24)20-30(35)33-32-19-29-27-11-4-2-7-21(27)17-22-8-3-5-12-28(22)29/h2-19H,20H2,1H3,(H,33,35)/b32-19-. The largest absolute Gasteiger partial charge is 0.497 e. The predicted octanol–water partition coefficient (Wildman–Crippen LogP) is 6.00. The van der Waals surface area contributed by atoms with E-state index in [-0.39, 0.29) is 10.6 Å². The maximum atomic E-state index is 13.6. The first kappa shape index (κ1) is 26.2. The van der Waals surface area contributed by atoms with Crippen molar-refractivity contribution in [2.24, 2.45) is 5.10 Å². The highest BCUT2D eigenvalue weighted by atomic mass is 35.5. The Bertz CT molecular complexity index is 1750. The zero-order valence-corrected chi connectivity index (χ0v) is 22.5. The lowest BCUT2D eigenvalue weighted by Gasteiger charge is -2.24. The number of carbonyl (C=O) groups is 1. The van der Waals surface area contributed by atoms with Gasteiger partial charge in [-0.25, -0.2) is 13.8 Å². The smallest absolute Gasteiger partial charge is 0.264 e. The first-order valence-electron chi connectivity index (χ1n) is 12.0. The number of methoxy groups -OCH3 is 1. The number of hydrogen-bond donors (Lipinski definition) is 1. The quantitative estimate of drug-likeness (QED) is 0.144. The molecule has 0 spiro atoms. The average Bonchev–Trinajstić information content (AvgIpc) is 2.95. The van der Waals surface area contributed by atoms with Crippen molar-refractivity contribution < 1.29 is 17.9 Å². The second kappa shape index (κ2) is 11.1. The lowest BCUT2D eigenvalue weighted by atomic mass is 9.97. The molecule has 0 saturated heterocycles. The Morgan fingerprint density at radius 1 is 0.897 bits per heavy atom. The highest BCUT2D eigenvalue weighted by Crippen LogP contribution is 2.28. The molecule has 0 atom stereocenters. The van der Waals surface area contributed by atoms with Crippen LogP contribution in [0.15, 0.2) is 113 Å². The Kier molecular flexibility index (Phi) is 7.49. The Balaban J connectivity index is 1.44. The number of ether oxygens (including phenoxy) is 1. The zero-order chi connectivity index (χ0) is 27.4. The van der Waals surface area contributed by atoms with Crippen LogP contribution in [0.5, 0.6) is 5.75 Å². The highest BCUT2D eigenvalue weighted by Gasteiger charge is 2.27. The lowest BCUT2D eigenvalue weighted by molar-refractivity contribution is -0.119. The summed E-state index contributed by atoms with van der Waals surface area (Å²) < 4.78 is 33.3. The molecule has 5 aromatic carbocycles. The van der Waals surface area contributed by atoms with E-state index < -0.39 is 22.5 Å². The van der Waals surface area contributed by atoms with Crippen molar-refractivity contribution in [1.82, 2.24) is 5.43 Å². The summed E-state index contributed by atoms with van der Waals surface area (Å²) in [5.74, 6) is -0.107. The van der Waals surface area contributed by atoms with Gasteiger partial charge in [-0.05, 0) is 70.1 Å². The molecule has 9 heteroatoms. The van der Waals surface area contributed by atoms with E-state index in [0.717, 1.165) is 31.4 Å². The van der Waals surface area contributed by atoms with E-state index in [1.54, 1.807) is 36.5 Å². The van der Waals surface area contributed by atoms with Gasteiger partial charge in [0.2, 0.25) is 0 Å². The van der Waals surface area contributed by atoms with Gasteiger partial charge < -0.3 is 4.74 Å². The Morgan fingerprint density at radius 3 is 2.15 bits per heavy atom. The molecule has 0 heterocycles. The fourth-order valence-electron chi connectivity index (χ4n) is 4.34. The van der Waals surface area contributed by atoms with E-state index in [4.69, 9.17) is 16.3 Å². The molecule has 0 unspecified atom stereocenters. The van der Waals surface area contributed by atoms with E-state index >= 15 is 0 Å². The van der Waals surface area contributed by atoms with E-state index in [9.17, 15) is 13.2 Å². The summed E-state index contributed by atoms with van der Waals surface area (Å²) in [6.45, 7) is -0.512. The Morgan fingerprint density at radius 2 is 1.54 bits per heavy atom. The molecule has 0 bridgehead atoms. The molecule has 0 fully saturated rings. The van der Waals surface area contributed by atoms with Gasteiger partial charge in [-0.3, -0.25) is 9.10 Å². The topological polar surface area (TPSA) is 88.1 Å². The number of rotatable bonds is 8. The SMILES string of the molecule is COc1ccc(S(=O)(=O)N(CC(=O)N/N=C\c2c3ccccc3cc3ccccc23)c2cccc(Cl)c2)cc1. The Hall–Kier alpha value is -4.40. The van der Waals surface area contributed by atoms with Gasteiger partial charge in [0, 0.05) is 10.6 Å². The van der Waals surface area contributed by atoms with Crippen LogP contribution < -0.4 is 14.5 Å². The van der Waals surface area contributed by atoms with Crippen LogP contribution in [0.1, 0.15) is 5.56 Å². The first-order chi connectivity index (χ1) is 18.9. The summed E-state index contributed by atoms with van der Waals surface area (Å²) in [6.07, 6.45) is 1.59. The number of anilines is 1. The molecule has 5 rings (SSSR count). The number of amides is 1. The molecule has 1 amide bonds. The third kappa shape index (κ3) is 5.57. The summed E-state index contributed by atoms with van der Waals surface area (Å²) in [5, 5.41) is 8.58. The zero-order valence-electron chi connectivity index (χ0n) is 20.9. The molecule has 196 valence electrons. The van der Waals surface area contributed by atoms with Gasteiger partial charge in [-0.2, -0.15) is 5.10 Å². The average molecular weight is 558 g/mol. The monoisotopic (exact) mass is 557 g/mol. The molecule has 0 radical (unpaired) electrons. The third-order valence-electron chi connectivity index (χ3n) is 6.23. The van der Waals surface area contributed by atoms with Gasteiger partial charge >= 0.3 is 0 Å². The molecule has 0 aromatic heterocycles. The maximum absolute atomic E-state index is 13.6. The minimum atomic E-state index is -4.12. The number of carbonyl (C=O) groups excluding carboxylic acids is 1. The number of benzene rings is 5. The van der Waals surface area contributed by atoms with Gasteiger partial charge in [0.05, 0.1) is 23.9 Å². The summed E-state index contributed by atoms with van der Waals surface area (Å²) in [5.41, 5.74) is 3.58. The summed E-state index contributed by atoms with van der Waals surface area (Å²) >= 11 is 6.15. The van der Waals surface area contributed by atoms with Crippen molar-refractivity contribution in [2.45, 2.75) is 4.90 Å². The molecular formula is C30H24ClN3O4S. The molecule has 1 N–H and O–H groups in total. The first-order valence-corrected chi connectivity index (χ1v) is 13.8. The molecule has 0 aliphatic rings. The van der Waals surface area contributed by atoms with Crippen molar-refractivity contribution in [2.75, 3.05) is 18.0 Å². The van der Waals surface area contributed by atoms with Crippen molar-refractivity contribution in [1.29, 1.82) is 0 Å². The van der Waals surface area contributed by atoms with Crippen LogP contribution in [0, 0.1) is 0 Å². The second-order valence-electron chi connectivity index (χ2n) is 8.69. The third-order valence-corrected chi connectivity index (χ3v) is 8.25. The number of nitrogens with one attached hydrogen (secondary N) is 1. The van der Waals surface area contributed by atoms with Gasteiger partial charge in [-0.1, -0.05) is 66.2 Å². The molecular weight excluding hydrogens is 534 g/mol. The van der Waals surface area contributed by atoms with E-state index in [2.05, 4.69) is 16.6 Å². The van der Waals surface area contributed by atoms with Crippen LogP contribution >= 0.6 is 11.6 Å². The number of hydrazone groups is 1. The van der Waals surface area contributed by atoms with Crippen LogP contribution in [0.2, 0.25) is 5.02 Å². The molecule has 0 saturated carbocycles.